The van der Waals surface area contributed by atoms with Gasteiger partial charge in [-0.3, -0.25) is 4.79 Å². The quantitative estimate of drug-likeness (QED) is 0.742. The predicted molar refractivity (Wildman–Crippen MR) is 67.5 cm³/mol. The van der Waals surface area contributed by atoms with Crippen molar-refractivity contribution in [3.63, 3.8) is 0 Å². The van der Waals surface area contributed by atoms with Crippen molar-refractivity contribution >= 4 is 5.91 Å². The monoisotopic (exact) mass is 238 g/mol. The van der Waals surface area contributed by atoms with Gasteiger partial charge in [-0.05, 0) is 20.3 Å². The summed E-state index contributed by atoms with van der Waals surface area (Å²) in [6.07, 6.45) is 4.74. The summed E-state index contributed by atoms with van der Waals surface area (Å²) in [4.78, 5) is 15.5. The van der Waals surface area contributed by atoms with Crippen LogP contribution in [0.5, 0.6) is 0 Å². The Morgan fingerprint density at radius 3 is 2.94 bits per heavy atom. The number of imidazole rings is 1. The van der Waals surface area contributed by atoms with E-state index in [1.165, 1.54) is 0 Å². The first-order valence-corrected chi connectivity index (χ1v) is 6.12. The molecule has 0 aliphatic carbocycles. The highest BCUT2D eigenvalue weighted by molar-refractivity contribution is 5.78. The number of rotatable bonds is 7. The lowest BCUT2D eigenvalue weighted by Crippen LogP contribution is -2.37. The average Bonchev–Trinajstić information content (AvgIpc) is 2.65. The second-order valence-electron chi connectivity index (χ2n) is 4.40. The van der Waals surface area contributed by atoms with Crippen molar-refractivity contribution in [2.45, 2.75) is 46.3 Å². The fraction of sp³-hybridized carbons (Fsp3) is 0.667. The number of nitrogens with zero attached hydrogens (tertiary/aromatic N) is 2. The van der Waals surface area contributed by atoms with Crippen LogP contribution >= 0.6 is 0 Å². The molecule has 0 saturated heterocycles. The van der Waals surface area contributed by atoms with Crippen LogP contribution in [0.4, 0.5) is 0 Å². The van der Waals surface area contributed by atoms with Gasteiger partial charge >= 0.3 is 0 Å². The lowest BCUT2D eigenvalue weighted by Gasteiger charge is -2.10. The minimum atomic E-state index is 0.0292. The van der Waals surface area contributed by atoms with Crippen LogP contribution in [-0.4, -0.2) is 28.0 Å². The second kappa shape index (κ2) is 7.06. The van der Waals surface area contributed by atoms with Crippen molar-refractivity contribution < 1.29 is 4.79 Å². The molecule has 1 heterocycles. The molecule has 0 radical (unpaired) electrons. The van der Waals surface area contributed by atoms with Gasteiger partial charge in [0.1, 0.15) is 0 Å². The van der Waals surface area contributed by atoms with E-state index in [0.29, 0.717) is 13.1 Å². The molecule has 5 heteroatoms. The zero-order valence-electron chi connectivity index (χ0n) is 10.9. The van der Waals surface area contributed by atoms with Crippen molar-refractivity contribution in [2.75, 3.05) is 6.54 Å². The van der Waals surface area contributed by atoms with Crippen molar-refractivity contribution in [1.82, 2.24) is 20.2 Å². The van der Waals surface area contributed by atoms with E-state index in [9.17, 15) is 4.79 Å². The molecule has 0 aliphatic heterocycles. The van der Waals surface area contributed by atoms with E-state index in [1.54, 1.807) is 0 Å². The van der Waals surface area contributed by atoms with Crippen LogP contribution in [0.1, 0.15) is 32.9 Å². The van der Waals surface area contributed by atoms with E-state index in [1.807, 2.05) is 26.4 Å². The molecule has 0 unspecified atom stereocenters. The second-order valence-corrected chi connectivity index (χ2v) is 4.40. The average molecular weight is 238 g/mol. The maximum absolute atomic E-state index is 11.4. The fourth-order valence-corrected chi connectivity index (χ4v) is 1.61. The molecule has 0 saturated carbocycles. The molecule has 1 aromatic rings. The van der Waals surface area contributed by atoms with Crippen molar-refractivity contribution in [3.05, 3.63) is 18.2 Å². The third-order valence-corrected chi connectivity index (χ3v) is 2.30. The molecular weight excluding hydrogens is 216 g/mol. The van der Waals surface area contributed by atoms with Gasteiger partial charge in [0.15, 0.2) is 0 Å². The highest BCUT2D eigenvalue weighted by Gasteiger charge is 2.04. The van der Waals surface area contributed by atoms with Crippen LogP contribution in [0.15, 0.2) is 12.5 Å². The molecule has 1 amide bonds. The Hall–Kier alpha value is -1.36. The summed E-state index contributed by atoms with van der Waals surface area (Å²) in [5, 5.41) is 5.96. The topological polar surface area (TPSA) is 59.0 Å². The largest absolute Gasteiger partial charge is 0.353 e. The Kier molecular flexibility index (Phi) is 5.69. The molecular formula is C12H22N4O. The number of hydrogen-bond acceptors (Lipinski definition) is 3. The molecule has 96 valence electrons. The number of aryl methyl sites for hydroxylation is 1. The maximum Gasteiger partial charge on any atom is 0.234 e. The maximum atomic E-state index is 11.4. The molecule has 17 heavy (non-hydrogen) atoms. The summed E-state index contributed by atoms with van der Waals surface area (Å²) >= 11 is 0. The minimum absolute atomic E-state index is 0.0292. The summed E-state index contributed by atoms with van der Waals surface area (Å²) in [5.74, 6) is 0.0292. The summed E-state index contributed by atoms with van der Waals surface area (Å²) in [6, 6.07) is 0.190. The van der Waals surface area contributed by atoms with Crippen LogP contribution in [0.25, 0.3) is 0 Å². The number of carbonyl (C=O) groups is 1. The summed E-state index contributed by atoms with van der Waals surface area (Å²) in [5.41, 5.74) is 1.11. The lowest BCUT2D eigenvalue weighted by atomic mass is 10.3. The van der Waals surface area contributed by atoms with Crippen LogP contribution < -0.4 is 10.6 Å². The summed E-state index contributed by atoms with van der Waals surface area (Å²) in [7, 11) is 0. The summed E-state index contributed by atoms with van der Waals surface area (Å²) in [6.45, 7) is 8.02. The smallest absolute Gasteiger partial charge is 0.234 e. The Bertz CT molecular complexity index is 346. The zero-order valence-corrected chi connectivity index (χ0v) is 10.9. The molecule has 0 atom stereocenters. The van der Waals surface area contributed by atoms with Gasteiger partial charge in [-0.25, -0.2) is 4.98 Å². The summed E-state index contributed by atoms with van der Waals surface area (Å²) < 4.78 is 2.10. The number of hydrogen-bond donors (Lipinski definition) is 2. The number of nitrogens with one attached hydrogen (secondary N) is 2. The van der Waals surface area contributed by atoms with Gasteiger partial charge in [-0.1, -0.05) is 6.92 Å². The van der Waals surface area contributed by atoms with E-state index in [-0.39, 0.29) is 11.9 Å². The Labute approximate surface area is 103 Å². The molecule has 0 fully saturated rings. The van der Waals surface area contributed by atoms with E-state index in [2.05, 4.69) is 27.1 Å². The highest BCUT2D eigenvalue weighted by Crippen LogP contribution is 1.99. The predicted octanol–water partition coefficient (Wildman–Crippen LogP) is 0.907. The van der Waals surface area contributed by atoms with Gasteiger partial charge in [0, 0.05) is 25.3 Å². The molecule has 1 aromatic heterocycles. The van der Waals surface area contributed by atoms with E-state index in [0.717, 1.165) is 18.7 Å². The van der Waals surface area contributed by atoms with Crippen LogP contribution in [0, 0.1) is 0 Å². The van der Waals surface area contributed by atoms with Gasteiger partial charge in [-0.15, -0.1) is 0 Å². The molecule has 0 aliphatic rings. The Morgan fingerprint density at radius 2 is 2.29 bits per heavy atom. The highest BCUT2D eigenvalue weighted by atomic mass is 16.1. The Morgan fingerprint density at radius 1 is 1.53 bits per heavy atom. The van der Waals surface area contributed by atoms with E-state index in [4.69, 9.17) is 0 Å². The SMILES string of the molecule is CCCn1cncc1CNCC(=O)NC(C)C. The minimum Gasteiger partial charge on any atom is -0.353 e. The molecule has 0 aromatic carbocycles. The first-order valence-electron chi connectivity index (χ1n) is 6.12. The van der Waals surface area contributed by atoms with Crippen molar-refractivity contribution in [2.24, 2.45) is 0 Å². The van der Waals surface area contributed by atoms with Gasteiger partial charge in [0.2, 0.25) is 5.91 Å². The normalized spacial score (nSPS) is 10.8. The van der Waals surface area contributed by atoms with Gasteiger partial charge in [0.05, 0.1) is 18.6 Å². The third-order valence-electron chi connectivity index (χ3n) is 2.30. The van der Waals surface area contributed by atoms with Crippen molar-refractivity contribution in [1.29, 1.82) is 0 Å². The lowest BCUT2D eigenvalue weighted by molar-refractivity contribution is -0.120. The van der Waals surface area contributed by atoms with Crippen LogP contribution in [0.3, 0.4) is 0 Å². The molecule has 1 rings (SSSR count). The van der Waals surface area contributed by atoms with E-state index >= 15 is 0 Å². The van der Waals surface area contributed by atoms with Gasteiger partial charge in [-0.2, -0.15) is 0 Å². The molecule has 0 bridgehead atoms. The zero-order chi connectivity index (χ0) is 12.7. The van der Waals surface area contributed by atoms with Gasteiger partial charge < -0.3 is 15.2 Å². The third kappa shape index (κ3) is 4.99. The molecule has 0 spiro atoms. The molecule has 5 nitrogen and oxygen atoms in total. The fourth-order valence-electron chi connectivity index (χ4n) is 1.61. The first-order chi connectivity index (χ1) is 8.13. The number of carbonyl (C=O) groups excluding carboxylic acids is 1. The first kappa shape index (κ1) is 13.7. The van der Waals surface area contributed by atoms with Crippen LogP contribution in [0.2, 0.25) is 0 Å². The van der Waals surface area contributed by atoms with Crippen molar-refractivity contribution in [3.8, 4) is 0 Å². The number of amides is 1. The van der Waals surface area contributed by atoms with E-state index < -0.39 is 0 Å². The Balaban J connectivity index is 2.30. The van der Waals surface area contributed by atoms with Crippen LogP contribution in [-0.2, 0) is 17.9 Å². The number of aromatic nitrogens is 2. The van der Waals surface area contributed by atoms with Gasteiger partial charge in [0.25, 0.3) is 0 Å². The molecule has 2 N–H and O–H groups in total. The standard InChI is InChI=1S/C12H22N4O/c1-4-5-16-9-14-7-11(16)6-13-8-12(17)15-10(2)3/h7,9-10,13H,4-6,8H2,1-3H3,(H,15,17).